The van der Waals surface area contributed by atoms with E-state index in [0.717, 1.165) is 29.2 Å². The molecule has 0 aliphatic heterocycles. The molecule has 0 aliphatic rings. The molecule has 0 saturated carbocycles. The number of thiophene rings is 1. The standard InChI is InChI=1S/C14H16N2O2S/c1-11-10-12(18-16-11)4-2-8-15-14(17)7-6-13-5-3-9-19-13/h3,5-7,9-10H,2,4,8H2,1H3,(H,15,17)/b7-6+. The number of carbonyl (C=O) groups excluding carboxylic acids is 1. The molecular weight excluding hydrogens is 260 g/mol. The predicted molar refractivity (Wildman–Crippen MR) is 75.9 cm³/mol. The van der Waals surface area contributed by atoms with Gasteiger partial charge in [0, 0.05) is 30.0 Å². The first-order valence-electron chi connectivity index (χ1n) is 6.15. The molecule has 0 saturated heterocycles. The average Bonchev–Trinajstić information content (AvgIpc) is 3.04. The van der Waals surface area contributed by atoms with Crippen molar-refractivity contribution in [3.8, 4) is 0 Å². The van der Waals surface area contributed by atoms with Crippen LogP contribution in [0.3, 0.4) is 0 Å². The Morgan fingerprint density at radius 3 is 3.16 bits per heavy atom. The summed E-state index contributed by atoms with van der Waals surface area (Å²) in [5.41, 5.74) is 0.887. The summed E-state index contributed by atoms with van der Waals surface area (Å²) in [5.74, 6) is 0.794. The lowest BCUT2D eigenvalue weighted by Crippen LogP contribution is -2.22. The van der Waals surface area contributed by atoms with E-state index < -0.39 is 0 Å². The number of hydrogen-bond donors (Lipinski definition) is 1. The van der Waals surface area contributed by atoms with E-state index in [0.29, 0.717) is 6.54 Å². The van der Waals surface area contributed by atoms with Crippen molar-refractivity contribution in [3.05, 3.63) is 46.0 Å². The van der Waals surface area contributed by atoms with Gasteiger partial charge in [0.2, 0.25) is 5.91 Å². The summed E-state index contributed by atoms with van der Waals surface area (Å²) in [5, 5.41) is 8.64. The van der Waals surface area contributed by atoms with Crippen LogP contribution in [0.25, 0.3) is 6.08 Å². The summed E-state index contributed by atoms with van der Waals surface area (Å²) in [6.45, 7) is 2.53. The van der Waals surface area contributed by atoms with Gasteiger partial charge < -0.3 is 9.84 Å². The van der Waals surface area contributed by atoms with Crippen molar-refractivity contribution in [2.45, 2.75) is 19.8 Å². The Balaban J connectivity index is 1.64. The van der Waals surface area contributed by atoms with Crippen molar-refractivity contribution in [1.82, 2.24) is 10.5 Å². The maximum atomic E-state index is 11.5. The Morgan fingerprint density at radius 2 is 2.47 bits per heavy atom. The Bertz CT molecular complexity index is 544. The second-order valence-corrected chi connectivity index (χ2v) is 5.16. The van der Waals surface area contributed by atoms with E-state index in [-0.39, 0.29) is 5.91 Å². The highest BCUT2D eigenvalue weighted by atomic mass is 32.1. The lowest BCUT2D eigenvalue weighted by atomic mass is 10.2. The molecule has 2 rings (SSSR count). The van der Waals surface area contributed by atoms with E-state index in [2.05, 4.69) is 10.5 Å². The number of nitrogens with one attached hydrogen (secondary N) is 1. The molecule has 0 aromatic carbocycles. The van der Waals surface area contributed by atoms with Crippen LogP contribution in [-0.4, -0.2) is 17.6 Å². The molecule has 0 atom stereocenters. The zero-order chi connectivity index (χ0) is 13.5. The number of carbonyl (C=O) groups is 1. The van der Waals surface area contributed by atoms with Gasteiger partial charge in [-0.15, -0.1) is 11.3 Å². The van der Waals surface area contributed by atoms with Gasteiger partial charge in [-0.1, -0.05) is 11.2 Å². The van der Waals surface area contributed by atoms with Crippen molar-refractivity contribution in [2.75, 3.05) is 6.54 Å². The number of aromatic nitrogens is 1. The first kappa shape index (κ1) is 13.5. The molecule has 2 aromatic rings. The molecule has 0 bridgehead atoms. The zero-order valence-electron chi connectivity index (χ0n) is 10.8. The van der Waals surface area contributed by atoms with E-state index in [1.807, 2.05) is 36.6 Å². The van der Waals surface area contributed by atoms with Gasteiger partial charge in [-0.25, -0.2) is 0 Å². The Kier molecular flexibility index (Phi) is 4.92. The van der Waals surface area contributed by atoms with Crippen LogP contribution in [0.1, 0.15) is 22.8 Å². The third kappa shape index (κ3) is 4.71. The minimum Gasteiger partial charge on any atom is -0.361 e. The lowest BCUT2D eigenvalue weighted by Gasteiger charge is -1.99. The van der Waals surface area contributed by atoms with Crippen molar-refractivity contribution >= 4 is 23.3 Å². The summed E-state index contributed by atoms with van der Waals surface area (Å²) in [6.07, 6.45) is 5.01. The maximum absolute atomic E-state index is 11.5. The predicted octanol–water partition coefficient (Wildman–Crippen LogP) is 2.81. The van der Waals surface area contributed by atoms with Crippen molar-refractivity contribution < 1.29 is 9.32 Å². The topological polar surface area (TPSA) is 55.1 Å². The van der Waals surface area contributed by atoms with Crippen LogP contribution in [0.4, 0.5) is 0 Å². The number of amides is 1. The summed E-state index contributed by atoms with van der Waals surface area (Å²) >= 11 is 1.61. The fourth-order valence-electron chi connectivity index (χ4n) is 1.61. The minimum absolute atomic E-state index is 0.0675. The van der Waals surface area contributed by atoms with Crippen LogP contribution in [-0.2, 0) is 11.2 Å². The molecule has 1 amide bonds. The normalized spacial score (nSPS) is 11.0. The SMILES string of the molecule is Cc1cc(CCCNC(=O)/C=C/c2cccs2)on1. The van der Waals surface area contributed by atoms with Gasteiger partial charge in [0.05, 0.1) is 5.69 Å². The monoisotopic (exact) mass is 276 g/mol. The summed E-state index contributed by atoms with van der Waals surface area (Å²) in [7, 11) is 0. The largest absolute Gasteiger partial charge is 0.361 e. The highest BCUT2D eigenvalue weighted by Gasteiger charge is 2.01. The first-order valence-corrected chi connectivity index (χ1v) is 7.03. The van der Waals surface area contributed by atoms with Crippen LogP contribution in [0, 0.1) is 6.92 Å². The van der Waals surface area contributed by atoms with Crippen molar-refractivity contribution in [1.29, 1.82) is 0 Å². The molecule has 5 heteroatoms. The van der Waals surface area contributed by atoms with Gasteiger partial charge in [0.15, 0.2) is 0 Å². The summed E-state index contributed by atoms with van der Waals surface area (Å²) in [4.78, 5) is 12.6. The number of aryl methyl sites for hydroxylation is 2. The van der Waals surface area contributed by atoms with E-state index in [1.165, 1.54) is 0 Å². The Hall–Kier alpha value is -1.88. The third-order valence-corrected chi connectivity index (χ3v) is 3.36. The molecule has 0 radical (unpaired) electrons. The molecule has 0 unspecified atom stereocenters. The summed E-state index contributed by atoms with van der Waals surface area (Å²) in [6, 6.07) is 5.85. The fourth-order valence-corrected chi connectivity index (χ4v) is 2.23. The van der Waals surface area contributed by atoms with Gasteiger partial charge in [-0.05, 0) is 30.9 Å². The number of rotatable bonds is 6. The molecule has 0 spiro atoms. The molecule has 1 N–H and O–H groups in total. The van der Waals surface area contributed by atoms with Crippen molar-refractivity contribution in [2.24, 2.45) is 0 Å². The minimum atomic E-state index is -0.0675. The number of nitrogens with zero attached hydrogens (tertiary/aromatic N) is 1. The molecule has 100 valence electrons. The van der Waals surface area contributed by atoms with E-state index in [4.69, 9.17) is 4.52 Å². The van der Waals surface area contributed by atoms with E-state index in [1.54, 1.807) is 17.4 Å². The fraction of sp³-hybridized carbons (Fsp3) is 0.286. The Morgan fingerprint density at radius 1 is 1.58 bits per heavy atom. The maximum Gasteiger partial charge on any atom is 0.244 e. The third-order valence-electron chi connectivity index (χ3n) is 2.52. The first-order chi connectivity index (χ1) is 9.24. The van der Waals surface area contributed by atoms with Gasteiger partial charge in [0.25, 0.3) is 0 Å². The molecule has 0 aliphatic carbocycles. The van der Waals surface area contributed by atoms with Crippen LogP contribution >= 0.6 is 11.3 Å². The molecule has 2 heterocycles. The molecule has 4 nitrogen and oxygen atoms in total. The average molecular weight is 276 g/mol. The van der Waals surface area contributed by atoms with Gasteiger partial charge in [-0.3, -0.25) is 4.79 Å². The lowest BCUT2D eigenvalue weighted by molar-refractivity contribution is -0.116. The molecule has 19 heavy (non-hydrogen) atoms. The highest BCUT2D eigenvalue weighted by Crippen LogP contribution is 2.09. The highest BCUT2D eigenvalue weighted by molar-refractivity contribution is 7.10. The summed E-state index contributed by atoms with van der Waals surface area (Å²) < 4.78 is 5.09. The quantitative estimate of drug-likeness (QED) is 0.652. The smallest absolute Gasteiger partial charge is 0.244 e. The van der Waals surface area contributed by atoms with Crippen LogP contribution in [0.5, 0.6) is 0 Å². The second kappa shape index (κ2) is 6.89. The molecule has 2 aromatic heterocycles. The van der Waals surface area contributed by atoms with Crippen LogP contribution in [0.2, 0.25) is 0 Å². The zero-order valence-corrected chi connectivity index (χ0v) is 11.6. The van der Waals surface area contributed by atoms with E-state index in [9.17, 15) is 4.79 Å². The second-order valence-electron chi connectivity index (χ2n) is 4.18. The van der Waals surface area contributed by atoms with Gasteiger partial charge in [-0.2, -0.15) is 0 Å². The Labute approximate surface area is 116 Å². The van der Waals surface area contributed by atoms with Crippen LogP contribution in [0.15, 0.2) is 34.2 Å². The molecular formula is C14H16N2O2S. The van der Waals surface area contributed by atoms with Gasteiger partial charge in [0.1, 0.15) is 5.76 Å². The molecule has 0 fully saturated rings. The number of hydrogen-bond acceptors (Lipinski definition) is 4. The van der Waals surface area contributed by atoms with Gasteiger partial charge >= 0.3 is 0 Å². The van der Waals surface area contributed by atoms with E-state index >= 15 is 0 Å². The van der Waals surface area contributed by atoms with Crippen molar-refractivity contribution in [3.63, 3.8) is 0 Å². The van der Waals surface area contributed by atoms with Crippen LogP contribution < -0.4 is 5.32 Å².